The summed E-state index contributed by atoms with van der Waals surface area (Å²) in [5.41, 5.74) is 3.66. The Kier molecular flexibility index (Phi) is 3.37. The van der Waals surface area contributed by atoms with E-state index in [4.69, 9.17) is 10.3 Å². The van der Waals surface area contributed by atoms with Gasteiger partial charge in [-0.3, -0.25) is 0 Å². The molecule has 0 amide bonds. The van der Waals surface area contributed by atoms with E-state index >= 15 is 0 Å². The molecule has 1 aliphatic carbocycles. The first kappa shape index (κ1) is 15.2. The lowest BCUT2D eigenvalue weighted by Gasteiger charge is -2.20. The van der Waals surface area contributed by atoms with Gasteiger partial charge in [-0.25, -0.2) is 27.1 Å². The molecule has 8 heteroatoms. The van der Waals surface area contributed by atoms with Gasteiger partial charge in [-0.05, 0) is 59.4 Å². The third-order valence-corrected chi connectivity index (χ3v) is 5.60. The van der Waals surface area contributed by atoms with Gasteiger partial charge in [0.05, 0.1) is 9.79 Å². The van der Waals surface area contributed by atoms with Gasteiger partial charge in [-0.15, -0.1) is 0 Å². The first-order chi connectivity index (χ1) is 10.1. The van der Waals surface area contributed by atoms with E-state index in [2.05, 4.69) is 0 Å². The summed E-state index contributed by atoms with van der Waals surface area (Å²) < 4.78 is 45.7. The fraction of sp³-hybridized carbons (Fsp3) is 0.143. The molecule has 4 N–H and O–H groups in total. The van der Waals surface area contributed by atoms with Crippen LogP contribution in [0.3, 0.4) is 0 Å². The van der Waals surface area contributed by atoms with Crippen LogP contribution in [0.5, 0.6) is 0 Å². The zero-order valence-electron chi connectivity index (χ0n) is 11.5. The Morgan fingerprint density at radius 2 is 1.00 bits per heavy atom. The van der Waals surface area contributed by atoms with Crippen molar-refractivity contribution in [2.45, 2.75) is 22.6 Å². The van der Waals surface area contributed by atoms with E-state index in [1.54, 1.807) is 12.1 Å². The van der Waals surface area contributed by atoms with Crippen LogP contribution in [0, 0.1) is 0 Å². The number of rotatable bonds is 2. The van der Waals surface area contributed by atoms with Crippen molar-refractivity contribution in [2.24, 2.45) is 10.3 Å². The van der Waals surface area contributed by atoms with Gasteiger partial charge in [0, 0.05) is 0 Å². The van der Waals surface area contributed by atoms with E-state index in [1.165, 1.54) is 24.3 Å². The Hall–Kier alpha value is -1.74. The molecule has 116 valence electrons. The zero-order valence-corrected chi connectivity index (χ0v) is 13.1. The van der Waals surface area contributed by atoms with E-state index in [0.29, 0.717) is 12.8 Å². The third kappa shape index (κ3) is 2.78. The number of sulfonamides is 2. The molecule has 2 aromatic rings. The van der Waals surface area contributed by atoms with Crippen molar-refractivity contribution < 1.29 is 16.8 Å². The Morgan fingerprint density at radius 1 is 0.636 bits per heavy atom. The second-order valence-corrected chi connectivity index (χ2v) is 8.43. The Bertz CT molecular complexity index is 900. The molecule has 0 saturated heterocycles. The summed E-state index contributed by atoms with van der Waals surface area (Å²) in [5.74, 6) is 0. The van der Waals surface area contributed by atoms with Crippen LogP contribution < -0.4 is 10.3 Å². The summed E-state index contributed by atoms with van der Waals surface area (Å²) in [6, 6.07) is 9.53. The summed E-state index contributed by atoms with van der Waals surface area (Å²) in [6.07, 6.45) is 1.05. The molecule has 2 aromatic carbocycles. The number of benzene rings is 2. The quantitative estimate of drug-likeness (QED) is 0.706. The van der Waals surface area contributed by atoms with E-state index in [-0.39, 0.29) is 9.79 Å². The number of nitrogens with two attached hydrogens (primary N) is 2. The van der Waals surface area contributed by atoms with Gasteiger partial charge < -0.3 is 0 Å². The average Bonchev–Trinajstić information content (AvgIpc) is 2.41. The molecule has 0 aromatic heterocycles. The molecule has 1 aliphatic rings. The SMILES string of the molecule is NS(=O)(=O)c1ccc2c(c1)Cc1cc(S(N)(=O)=O)ccc1C2. The second kappa shape index (κ2) is 4.88. The highest BCUT2D eigenvalue weighted by Crippen LogP contribution is 2.30. The molecule has 0 fully saturated rings. The van der Waals surface area contributed by atoms with Crippen LogP contribution in [0.25, 0.3) is 0 Å². The van der Waals surface area contributed by atoms with Crippen molar-refractivity contribution in [3.8, 4) is 0 Å². The van der Waals surface area contributed by atoms with E-state index in [0.717, 1.165) is 22.3 Å². The maximum absolute atomic E-state index is 11.4. The van der Waals surface area contributed by atoms with Gasteiger partial charge in [-0.2, -0.15) is 0 Å². The van der Waals surface area contributed by atoms with E-state index in [9.17, 15) is 16.8 Å². The molecular formula is C14H14N2O4S2. The van der Waals surface area contributed by atoms with Crippen LogP contribution in [0.4, 0.5) is 0 Å². The van der Waals surface area contributed by atoms with Crippen LogP contribution >= 0.6 is 0 Å². The maximum Gasteiger partial charge on any atom is 0.238 e. The lowest BCUT2D eigenvalue weighted by molar-refractivity contribution is 0.596. The average molecular weight is 338 g/mol. The highest BCUT2D eigenvalue weighted by atomic mass is 32.2. The summed E-state index contributed by atoms with van der Waals surface area (Å²) in [7, 11) is -7.52. The maximum atomic E-state index is 11.4. The number of hydrogen-bond acceptors (Lipinski definition) is 4. The first-order valence-electron chi connectivity index (χ1n) is 6.44. The summed E-state index contributed by atoms with van der Waals surface area (Å²) in [6.45, 7) is 0. The summed E-state index contributed by atoms with van der Waals surface area (Å²) in [4.78, 5) is 0.106. The smallest absolute Gasteiger partial charge is 0.225 e. The molecule has 6 nitrogen and oxygen atoms in total. The van der Waals surface area contributed by atoms with Crippen LogP contribution in [0.1, 0.15) is 22.3 Å². The highest BCUT2D eigenvalue weighted by molar-refractivity contribution is 7.89. The van der Waals surface area contributed by atoms with Gasteiger partial charge in [0.2, 0.25) is 20.0 Å². The largest absolute Gasteiger partial charge is 0.238 e. The standard InChI is InChI=1S/C14H14N2O4S2/c15-21(17,18)13-3-1-9-5-10-2-4-14(22(16,19)20)8-12(10)6-11(9)7-13/h1-4,7-8H,5-6H2,(H2,15,17,18)(H2,16,19,20). The predicted molar refractivity (Wildman–Crippen MR) is 81.2 cm³/mol. The first-order valence-corrected chi connectivity index (χ1v) is 9.53. The van der Waals surface area contributed by atoms with Crippen molar-refractivity contribution in [2.75, 3.05) is 0 Å². The Balaban J connectivity index is 2.08. The number of primary sulfonamides is 2. The second-order valence-electron chi connectivity index (χ2n) is 5.30. The van der Waals surface area contributed by atoms with E-state index in [1.807, 2.05) is 0 Å². The van der Waals surface area contributed by atoms with Crippen molar-refractivity contribution >= 4 is 20.0 Å². The lowest BCUT2D eigenvalue weighted by Crippen LogP contribution is -2.16. The monoisotopic (exact) mass is 338 g/mol. The van der Waals surface area contributed by atoms with Crippen LogP contribution in [0.2, 0.25) is 0 Å². The number of fused-ring (bicyclic) bond motifs is 2. The Labute approximate surface area is 128 Å². The van der Waals surface area contributed by atoms with Crippen molar-refractivity contribution in [1.29, 1.82) is 0 Å². The van der Waals surface area contributed by atoms with Gasteiger partial charge >= 0.3 is 0 Å². The minimum absolute atomic E-state index is 0.0531. The molecule has 0 heterocycles. The molecular weight excluding hydrogens is 324 g/mol. The van der Waals surface area contributed by atoms with Gasteiger partial charge in [0.1, 0.15) is 0 Å². The van der Waals surface area contributed by atoms with E-state index < -0.39 is 20.0 Å². The predicted octanol–water partition coefficient (Wildman–Crippen LogP) is 0.476. The third-order valence-electron chi connectivity index (χ3n) is 3.77. The van der Waals surface area contributed by atoms with Crippen molar-refractivity contribution in [1.82, 2.24) is 0 Å². The Morgan fingerprint density at radius 3 is 1.36 bits per heavy atom. The summed E-state index contributed by atoms with van der Waals surface area (Å²) >= 11 is 0. The van der Waals surface area contributed by atoms with Crippen LogP contribution in [-0.4, -0.2) is 16.8 Å². The molecule has 0 saturated carbocycles. The zero-order chi connectivity index (χ0) is 16.1. The summed E-state index contributed by atoms with van der Waals surface area (Å²) in [5, 5.41) is 10.3. The van der Waals surface area contributed by atoms with Crippen molar-refractivity contribution in [3.63, 3.8) is 0 Å². The minimum atomic E-state index is -3.76. The topological polar surface area (TPSA) is 120 Å². The molecule has 0 aliphatic heterocycles. The molecule has 3 rings (SSSR count). The molecule has 0 atom stereocenters. The molecule has 0 unspecified atom stereocenters. The fourth-order valence-electron chi connectivity index (χ4n) is 2.64. The molecule has 0 spiro atoms. The van der Waals surface area contributed by atoms with Crippen LogP contribution in [0.15, 0.2) is 46.2 Å². The van der Waals surface area contributed by atoms with Gasteiger partial charge in [0.15, 0.2) is 0 Å². The van der Waals surface area contributed by atoms with Gasteiger partial charge in [-0.1, -0.05) is 12.1 Å². The fourth-order valence-corrected chi connectivity index (χ4v) is 3.77. The minimum Gasteiger partial charge on any atom is -0.225 e. The molecule has 0 radical (unpaired) electrons. The van der Waals surface area contributed by atoms with Gasteiger partial charge in [0.25, 0.3) is 0 Å². The molecule has 0 bridgehead atoms. The van der Waals surface area contributed by atoms with Crippen LogP contribution in [-0.2, 0) is 32.9 Å². The number of hydrogen-bond donors (Lipinski definition) is 2. The van der Waals surface area contributed by atoms with Crippen molar-refractivity contribution in [3.05, 3.63) is 58.7 Å². The molecule has 22 heavy (non-hydrogen) atoms. The normalized spacial score (nSPS) is 14.3. The lowest BCUT2D eigenvalue weighted by atomic mass is 9.86. The highest BCUT2D eigenvalue weighted by Gasteiger charge is 2.20.